The van der Waals surface area contributed by atoms with Crippen molar-refractivity contribution in [3.63, 3.8) is 0 Å². The molecule has 1 fully saturated rings. The molecule has 0 amide bonds. The molecule has 33 heavy (non-hydrogen) atoms. The average Bonchev–Trinajstić information content (AvgIpc) is 3.31. The van der Waals surface area contributed by atoms with Gasteiger partial charge >= 0.3 is 0 Å². The highest BCUT2D eigenvalue weighted by atomic mass is 16.5. The Hall–Kier alpha value is -3.46. The van der Waals surface area contributed by atoms with Gasteiger partial charge in [-0.05, 0) is 49.6 Å². The maximum atomic E-state index is 5.98. The normalized spacial score (nSPS) is 17.9. The van der Waals surface area contributed by atoms with Crippen LogP contribution in [0.1, 0.15) is 19.8 Å². The van der Waals surface area contributed by atoms with E-state index in [4.69, 9.17) is 15.2 Å². The minimum absolute atomic E-state index is 0.175. The number of anilines is 1. The van der Waals surface area contributed by atoms with Gasteiger partial charge in [0.25, 0.3) is 0 Å². The molecule has 3 aromatic rings. The zero-order valence-corrected chi connectivity index (χ0v) is 19.0. The number of hydrogen-bond donors (Lipinski definition) is 1. The number of ether oxygens (including phenoxy) is 2. The summed E-state index contributed by atoms with van der Waals surface area (Å²) in [7, 11) is 1.61. The van der Waals surface area contributed by atoms with Crippen molar-refractivity contribution in [2.24, 2.45) is 5.92 Å². The molecule has 0 unspecified atom stereocenters. The van der Waals surface area contributed by atoms with Crippen LogP contribution < -0.4 is 10.5 Å². The number of fused-ring (bicyclic) bond motifs is 1. The van der Waals surface area contributed by atoms with Crippen molar-refractivity contribution in [2.45, 2.75) is 32.4 Å². The summed E-state index contributed by atoms with van der Waals surface area (Å²) in [5.41, 5.74) is 9.23. The van der Waals surface area contributed by atoms with Crippen LogP contribution in [0.2, 0.25) is 0 Å². The molecule has 2 aliphatic rings. The van der Waals surface area contributed by atoms with Crippen LogP contribution in [0.3, 0.4) is 0 Å². The lowest BCUT2D eigenvalue weighted by Gasteiger charge is -2.37. The largest absolute Gasteiger partial charge is 0.494 e. The SMILES string of the molecule is COc1cccc2c(-c3cn(CC4=CC=CN([C@H](C)C5CCOCC5)C4)nn3)nc(N)nc12. The Balaban J connectivity index is 1.34. The van der Waals surface area contributed by atoms with Gasteiger partial charge in [-0.2, -0.15) is 0 Å². The Morgan fingerprint density at radius 3 is 2.91 bits per heavy atom. The first-order valence-corrected chi connectivity index (χ1v) is 11.3. The number of hydrogen-bond acceptors (Lipinski definition) is 8. The summed E-state index contributed by atoms with van der Waals surface area (Å²) in [6.07, 6.45) is 10.6. The molecule has 4 heterocycles. The second-order valence-corrected chi connectivity index (χ2v) is 8.62. The molecule has 1 aromatic carbocycles. The first-order chi connectivity index (χ1) is 16.1. The summed E-state index contributed by atoms with van der Waals surface area (Å²) in [4.78, 5) is 11.2. The number of nitrogen functional groups attached to an aromatic ring is 1. The molecule has 1 saturated heterocycles. The highest BCUT2D eigenvalue weighted by Gasteiger charge is 2.25. The van der Waals surface area contributed by atoms with Crippen LogP contribution in [0.4, 0.5) is 5.95 Å². The van der Waals surface area contributed by atoms with Crippen molar-refractivity contribution in [3.05, 3.63) is 48.3 Å². The van der Waals surface area contributed by atoms with Crippen molar-refractivity contribution in [1.82, 2.24) is 29.9 Å². The molecule has 0 radical (unpaired) electrons. The Morgan fingerprint density at radius 2 is 2.09 bits per heavy atom. The minimum Gasteiger partial charge on any atom is -0.494 e. The second-order valence-electron chi connectivity index (χ2n) is 8.62. The van der Waals surface area contributed by atoms with E-state index in [1.54, 1.807) is 7.11 Å². The van der Waals surface area contributed by atoms with Gasteiger partial charge in [0.05, 0.1) is 19.9 Å². The van der Waals surface area contributed by atoms with E-state index in [-0.39, 0.29) is 5.95 Å². The van der Waals surface area contributed by atoms with E-state index < -0.39 is 0 Å². The lowest BCUT2D eigenvalue weighted by molar-refractivity contribution is 0.0411. The Morgan fingerprint density at radius 1 is 1.24 bits per heavy atom. The Kier molecular flexibility index (Phi) is 5.95. The molecule has 2 N–H and O–H groups in total. The molecular weight excluding hydrogens is 418 g/mol. The van der Waals surface area contributed by atoms with Crippen LogP contribution in [0.5, 0.6) is 5.75 Å². The first kappa shape index (κ1) is 21.4. The summed E-state index contributed by atoms with van der Waals surface area (Å²) in [6, 6.07) is 6.17. The maximum Gasteiger partial charge on any atom is 0.221 e. The van der Waals surface area contributed by atoms with Gasteiger partial charge in [-0.15, -0.1) is 5.10 Å². The number of methoxy groups -OCH3 is 1. The van der Waals surface area contributed by atoms with Crippen LogP contribution in [0.15, 0.2) is 48.3 Å². The van der Waals surface area contributed by atoms with Crippen molar-refractivity contribution < 1.29 is 9.47 Å². The molecule has 0 spiro atoms. The fraction of sp³-hybridized carbons (Fsp3) is 0.417. The average molecular weight is 448 g/mol. The molecule has 0 bridgehead atoms. The van der Waals surface area contributed by atoms with Crippen LogP contribution in [-0.2, 0) is 11.3 Å². The van der Waals surface area contributed by atoms with E-state index >= 15 is 0 Å². The van der Waals surface area contributed by atoms with Gasteiger partial charge in [-0.3, -0.25) is 0 Å². The highest BCUT2D eigenvalue weighted by Crippen LogP contribution is 2.31. The maximum absolute atomic E-state index is 5.98. The first-order valence-electron chi connectivity index (χ1n) is 11.3. The monoisotopic (exact) mass is 447 g/mol. The number of allylic oxidation sites excluding steroid dienone is 2. The van der Waals surface area contributed by atoms with Gasteiger partial charge in [0.2, 0.25) is 5.95 Å². The van der Waals surface area contributed by atoms with Gasteiger partial charge in [0, 0.05) is 31.2 Å². The molecule has 0 saturated carbocycles. The fourth-order valence-corrected chi connectivity index (χ4v) is 4.68. The predicted molar refractivity (Wildman–Crippen MR) is 126 cm³/mol. The van der Waals surface area contributed by atoms with Crippen LogP contribution >= 0.6 is 0 Å². The molecule has 1 atom stereocenters. The number of rotatable bonds is 6. The Labute approximate surface area is 192 Å². The zero-order chi connectivity index (χ0) is 22.8. The summed E-state index contributed by atoms with van der Waals surface area (Å²) < 4.78 is 12.8. The molecular formula is C24H29N7O2. The second kappa shape index (κ2) is 9.19. The molecule has 172 valence electrons. The third-order valence-electron chi connectivity index (χ3n) is 6.54. The van der Waals surface area contributed by atoms with Gasteiger partial charge in [0.15, 0.2) is 0 Å². The summed E-state index contributed by atoms with van der Waals surface area (Å²) >= 11 is 0. The van der Waals surface area contributed by atoms with Crippen molar-refractivity contribution in [3.8, 4) is 17.1 Å². The number of aromatic nitrogens is 5. The number of para-hydroxylation sites is 1. The van der Waals surface area contributed by atoms with E-state index in [2.05, 4.69) is 50.5 Å². The summed E-state index contributed by atoms with van der Waals surface area (Å²) in [6.45, 7) is 5.59. The summed E-state index contributed by atoms with van der Waals surface area (Å²) in [5.74, 6) is 1.48. The smallest absolute Gasteiger partial charge is 0.221 e. The third kappa shape index (κ3) is 4.41. The number of benzene rings is 1. The van der Waals surface area contributed by atoms with Crippen LogP contribution in [0, 0.1) is 5.92 Å². The fourth-order valence-electron chi connectivity index (χ4n) is 4.68. The van der Waals surface area contributed by atoms with Crippen LogP contribution in [-0.4, -0.2) is 62.8 Å². The lowest BCUT2D eigenvalue weighted by atomic mass is 9.91. The van der Waals surface area contributed by atoms with E-state index in [0.29, 0.717) is 41.2 Å². The van der Waals surface area contributed by atoms with Crippen LogP contribution in [0.25, 0.3) is 22.3 Å². The quantitative estimate of drug-likeness (QED) is 0.615. The topological polar surface area (TPSA) is 104 Å². The predicted octanol–water partition coefficient (Wildman–Crippen LogP) is 3.05. The van der Waals surface area contributed by atoms with Gasteiger partial charge in [-0.1, -0.05) is 23.4 Å². The van der Waals surface area contributed by atoms with Gasteiger partial charge in [-0.25, -0.2) is 14.6 Å². The van der Waals surface area contributed by atoms with E-state index in [9.17, 15) is 0 Å². The molecule has 2 aromatic heterocycles. The highest BCUT2D eigenvalue weighted by molar-refractivity contribution is 5.95. The van der Waals surface area contributed by atoms with E-state index in [1.165, 1.54) is 5.57 Å². The van der Waals surface area contributed by atoms with Crippen molar-refractivity contribution in [1.29, 1.82) is 0 Å². The standard InChI is InChI=1S/C24H29N7O2/c1-16(18-8-11-33-12-9-18)30-10-4-5-17(13-30)14-31-15-20(28-29-31)22-19-6-3-7-21(32-2)23(19)27-24(25)26-22/h3-7,10,15-16,18H,8-9,11-14H2,1-2H3,(H2,25,26,27)/t16-/m1/s1. The zero-order valence-electron chi connectivity index (χ0n) is 19.0. The summed E-state index contributed by atoms with van der Waals surface area (Å²) in [5, 5.41) is 9.57. The van der Waals surface area contributed by atoms with Crippen molar-refractivity contribution >= 4 is 16.9 Å². The Bertz CT molecular complexity index is 1200. The van der Waals surface area contributed by atoms with Gasteiger partial charge in [0.1, 0.15) is 22.7 Å². The molecule has 5 rings (SSSR count). The van der Waals surface area contributed by atoms with E-state index in [0.717, 1.165) is 38.0 Å². The molecule has 9 nitrogen and oxygen atoms in total. The third-order valence-corrected chi connectivity index (χ3v) is 6.54. The number of nitrogens with two attached hydrogens (primary N) is 1. The lowest BCUT2D eigenvalue weighted by Crippen LogP contribution is -2.39. The minimum atomic E-state index is 0.175. The van der Waals surface area contributed by atoms with Gasteiger partial charge < -0.3 is 20.1 Å². The van der Waals surface area contributed by atoms with E-state index in [1.807, 2.05) is 29.1 Å². The molecule has 2 aliphatic heterocycles. The molecule has 9 heteroatoms. The number of nitrogens with zero attached hydrogens (tertiary/aromatic N) is 6. The molecule has 0 aliphatic carbocycles. The van der Waals surface area contributed by atoms with Crippen molar-refractivity contribution in [2.75, 3.05) is 32.6 Å².